The SMILES string of the molecule is Cc1ccc(NC(=O)CC2CCCO2)cc1O. The summed E-state index contributed by atoms with van der Waals surface area (Å²) in [7, 11) is 0. The van der Waals surface area contributed by atoms with Crippen LogP contribution in [0.15, 0.2) is 18.2 Å². The number of aromatic hydroxyl groups is 1. The Labute approximate surface area is 101 Å². The summed E-state index contributed by atoms with van der Waals surface area (Å²) in [6.45, 7) is 2.57. The highest BCUT2D eigenvalue weighted by Crippen LogP contribution is 2.21. The molecule has 1 aliphatic rings. The van der Waals surface area contributed by atoms with Crippen LogP contribution in [-0.4, -0.2) is 23.7 Å². The Bertz CT molecular complexity index is 411. The minimum Gasteiger partial charge on any atom is -0.508 e. The molecule has 4 nitrogen and oxygen atoms in total. The number of carbonyl (C=O) groups excluding carboxylic acids is 1. The minimum atomic E-state index is -0.0693. The molecule has 2 rings (SSSR count). The maximum absolute atomic E-state index is 11.7. The van der Waals surface area contributed by atoms with Crippen molar-refractivity contribution in [1.82, 2.24) is 0 Å². The summed E-state index contributed by atoms with van der Waals surface area (Å²) < 4.78 is 5.39. The Morgan fingerprint density at radius 3 is 3.06 bits per heavy atom. The normalized spacial score (nSPS) is 19.2. The Hall–Kier alpha value is -1.55. The molecule has 0 bridgehead atoms. The van der Waals surface area contributed by atoms with Gasteiger partial charge in [0.1, 0.15) is 5.75 Å². The molecule has 1 atom stereocenters. The predicted molar refractivity (Wildman–Crippen MR) is 65.1 cm³/mol. The fraction of sp³-hybridized carbons (Fsp3) is 0.462. The predicted octanol–water partition coefficient (Wildman–Crippen LogP) is 2.21. The molecule has 1 fully saturated rings. The number of nitrogens with one attached hydrogen (secondary N) is 1. The lowest BCUT2D eigenvalue weighted by Crippen LogP contribution is -2.19. The van der Waals surface area contributed by atoms with E-state index in [4.69, 9.17) is 4.74 Å². The molecule has 4 heteroatoms. The van der Waals surface area contributed by atoms with Gasteiger partial charge in [0.15, 0.2) is 0 Å². The molecule has 2 N–H and O–H groups in total. The zero-order valence-corrected chi connectivity index (χ0v) is 9.90. The van der Waals surface area contributed by atoms with Crippen LogP contribution in [0.2, 0.25) is 0 Å². The second kappa shape index (κ2) is 5.19. The highest BCUT2D eigenvalue weighted by Gasteiger charge is 2.19. The lowest BCUT2D eigenvalue weighted by Gasteiger charge is -2.10. The van der Waals surface area contributed by atoms with Gasteiger partial charge in [-0.3, -0.25) is 4.79 Å². The van der Waals surface area contributed by atoms with Gasteiger partial charge in [-0.05, 0) is 31.4 Å². The van der Waals surface area contributed by atoms with Crippen LogP contribution < -0.4 is 5.32 Å². The monoisotopic (exact) mass is 235 g/mol. The molecule has 0 radical (unpaired) electrons. The molecular weight excluding hydrogens is 218 g/mol. The van der Waals surface area contributed by atoms with Crippen molar-refractivity contribution in [3.8, 4) is 5.75 Å². The first-order valence-corrected chi connectivity index (χ1v) is 5.86. The number of anilines is 1. The Balaban J connectivity index is 1.90. The number of phenols is 1. The van der Waals surface area contributed by atoms with Crippen LogP contribution in [-0.2, 0) is 9.53 Å². The van der Waals surface area contributed by atoms with E-state index in [1.54, 1.807) is 18.2 Å². The number of phenolic OH excluding ortho intramolecular Hbond substituents is 1. The van der Waals surface area contributed by atoms with Crippen molar-refractivity contribution in [3.63, 3.8) is 0 Å². The molecule has 17 heavy (non-hydrogen) atoms. The largest absolute Gasteiger partial charge is 0.508 e. The first-order valence-electron chi connectivity index (χ1n) is 5.86. The van der Waals surface area contributed by atoms with Crippen LogP contribution in [0.5, 0.6) is 5.75 Å². The van der Waals surface area contributed by atoms with Crippen molar-refractivity contribution in [2.45, 2.75) is 32.3 Å². The van der Waals surface area contributed by atoms with Crippen molar-refractivity contribution in [3.05, 3.63) is 23.8 Å². The number of hydrogen-bond acceptors (Lipinski definition) is 3. The van der Waals surface area contributed by atoms with E-state index < -0.39 is 0 Å². The summed E-state index contributed by atoms with van der Waals surface area (Å²) in [6.07, 6.45) is 2.42. The first-order chi connectivity index (χ1) is 8.15. The van der Waals surface area contributed by atoms with Gasteiger partial charge >= 0.3 is 0 Å². The average Bonchev–Trinajstić information content (AvgIpc) is 2.76. The summed E-state index contributed by atoms with van der Waals surface area (Å²) in [5.74, 6) is 0.125. The average molecular weight is 235 g/mol. The number of amides is 1. The van der Waals surface area contributed by atoms with Crippen molar-refractivity contribution in [1.29, 1.82) is 0 Å². The second-order valence-electron chi connectivity index (χ2n) is 4.39. The van der Waals surface area contributed by atoms with Crippen LogP contribution in [0, 0.1) is 6.92 Å². The Morgan fingerprint density at radius 2 is 2.41 bits per heavy atom. The van der Waals surface area contributed by atoms with Gasteiger partial charge in [-0.2, -0.15) is 0 Å². The van der Waals surface area contributed by atoms with Gasteiger partial charge in [-0.15, -0.1) is 0 Å². The fourth-order valence-electron chi connectivity index (χ4n) is 1.91. The van der Waals surface area contributed by atoms with Crippen molar-refractivity contribution < 1.29 is 14.6 Å². The quantitative estimate of drug-likeness (QED) is 0.844. The molecule has 0 aromatic heterocycles. The molecule has 1 saturated heterocycles. The highest BCUT2D eigenvalue weighted by molar-refractivity contribution is 5.91. The van der Waals surface area contributed by atoms with Gasteiger partial charge in [0.2, 0.25) is 5.91 Å². The van der Waals surface area contributed by atoms with Gasteiger partial charge in [-0.1, -0.05) is 6.07 Å². The maximum Gasteiger partial charge on any atom is 0.226 e. The van der Waals surface area contributed by atoms with E-state index in [0.29, 0.717) is 12.1 Å². The molecule has 1 amide bonds. The molecular formula is C13H17NO3. The highest BCUT2D eigenvalue weighted by atomic mass is 16.5. The van der Waals surface area contributed by atoms with E-state index in [0.717, 1.165) is 25.0 Å². The van der Waals surface area contributed by atoms with Gasteiger partial charge in [0.05, 0.1) is 12.5 Å². The lowest BCUT2D eigenvalue weighted by molar-refractivity contribution is -0.118. The van der Waals surface area contributed by atoms with Crippen LogP contribution in [0.1, 0.15) is 24.8 Å². The van der Waals surface area contributed by atoms with Crippen molar-refractivity contribution >= 4 is 11.6 Å². The van der Waals surface area contributed by atoms with Gasteiger partial charge < -0.3 is 15.2 Å². The second-order valence-corrected chi connectivity index (χ2v) is 4.39. The summed E-state index contributed by atoms with van der Waals surface area (Å²) in [5.41, 5.74) is 1.42. The fourth-order valence-corrected chi connectivity index (χ4v) is 1.91. The van der Waals surface area contributed by atoms with E-state index in [9.17, 15) is 9.90 Å². The van der Waals surface area contributed by atoms with Crippen LogP contribution in [0.25, 0.3) is 0 Å². The molecule has 0 aliphatic carbocycles. The summed E-state index contributed by atoms with van der Waals surface area (Å²) in [5, 5.41) is 12.3. The number of benzene rings is 1. The molecule has 1 unspecified atom stereocenters. The van der Waals surface area contributed by atoms with Crippen molar-refractivity contribution in [2.24, 2.45) is 0 Å². The molecule has 1 aromatic carbocycles. The Kier molecular flexibility index (Phi) is 3.64. The number of rotatable bonds is 3. The van der Waals surface area contributed by atoms with Crippen LogP contribution >= 0.6 is 0 Å². The number of ether oxygens (including phenoxy) is 1. The zero-order chi connectivity index (χ0) is 12.3. The third-order valence-corrected chi connectivity index (χ3v) is 2.93. The van der Waals surface area contributed by atoms with E-state index in [-0.39, 0.29) is 17.8 Å². The first kappa shape index (κ1) is 11.9. The summed E-state index contributed by atoms with van der Waals surface area (Å²) in [6, 6.07) is 5.11. The van der Waals surface area contributed by atoms with E-state index in [2.05, 4.69) is 5.32 Å². The summed E-state index contributed by atoms with van der Waals surface area (Å²) in [4.78, 5) is 11.7. The van der Waals surface area contributed by atoms with E-state index in [1.807, 2.05) is 6.92 Å². The van der Waals surface area contributed by atoms with Gasteiger partial charge in [-0.25, -0.2) is 0 Å². The van der Waals surface area contributed by atoms with E-state index >= 15 is 0 Å². The number of hydrogen-bond donors (Lipinski definition) is 2. The standard InChI is InChI=1S/C13H17NO3/c1-9-4-5-10(7-12(9)15)14-13(16)8-11-3-2-6-17-11/h4-5,7,11,15H,2-3,6,8H2,1H3,(H,14,16). The zero-order valence-electron chi connectivity index (χ0n) is 9.90. The minimum absolute atomic E-state index is 0.0500. The molecule has 92 valence electrons. The van der Waals surface area contributed by atoms with Crippen LogP contribution in [0.3, 0.4) is 0 Å². The van der Waals surface area contributed by atoms with Gasteiger partial charge in [0, 0.05) is 18.4 Å². The molecule has 0 saturated carbocycles. The number of aryl methyl sites for hydroxylation is 1. The van der Waals surface area contributed by atoms with Gasteiger partial charge in [0.25, 0.3) is 0 Å². The molecule has 1 aromatic rings. The molecule has 1 aliphatic heterocycles. The third-order valence-electron chi connectivity index (χ3n) is 2.93. The summed E-state index contributed by atoms with van der Waals surface area (Å²) >= 11 is 0. The molecule has 1 heterocycles. The van der Waals surface area contributed by atoms with Crippen LogP contribution in [0.4, 0.5) is 5.69 Å². The van der Waals surface area contributed by atoms with Crippen molar-refractivity contribution in [2.75, 3.05) is 11.9 Å². The van der Waals surface area contributed by atoms with E-state index in [1.165, 1.54) is 0 Å². The lowest BCUT2D eigenvalue weighted by atomic mass is 10.1. The number of carbonyl (C=O) groups is 1. The topological polar surface area (TPSA) is 58.6 Å². The molecule has 0 spiro atoms. The smallest absolute Gasteiger partial charge is 0.226 e. The Morgan fingerprint density at radius 1 is 1.59 bits per heavy atom. The third kappa shape index (κ3) is 3.20. The maximum atomic E-state index is 11.7.